The average molecular weight is 231 g/mol. The molecular weight excluding hydrogens is 214 g/mol. The Kier molecular flexibility index (Phi) is 4.11. The lowest BCUT2D eigenvalue weighted by Gasteiger charge is -2.28. The highest BCUT2D eigenvalue weighted by Crippen LogP contribution is 2.16. The molecule has 1 unspecified atom stereocenters. The normalized spacial score (nSPS) is 11.5. The van der Waals surface area contributed by atoms with Crippen LogP contribution in [-0.2, 0) is 4.79 Å². The molecule has 1 aromatic rings. The molecule has 0 saturated heterocycles. The minimum absolute atomic E-state index is 0.0526. The van der Waals surface area contributed by atoms with Crippen LogP contribution in [0.15, 0.2) is 24.3 Å². The highest BCUT2D eigenvalue weighted by Gasteiger charge is 2.19. The Morgan fingerprint density at radius 2 is 1.76 bits per heavy atom. The van der Waals surface area contributed by atoms with Crippen molar-refractivity contribution in [2.24, 2.45) is 0 Å². The molecule has 0 N–H and O–H groups in total. The summed E-state index contributed by atoms with van der Waals surface area (Å²) in [5.74, 6) is 0.0526. The van der Waals surface area contributed by atoms with Gasteiger partial charge in [-0.2, -0.15) is 5.26 Å². The monoisotopic (exact) mass is 231 g/mol. The van der Waals surface area contributed by atoms with Crippen LogP contribution in [0.5, 0.6) is 0 Å². The zero-order valence-electron chi connectivity index (χ0n) is 10.6. The maximum atomic E-state index is 11.8. The van der Waals surface area contributed by atoms with Crippen LogP contribution in [0.1, 0.15) is 12.5 Å². The summed E-state index contributed by atoms with van der Waals surface area (Å²) in [6.45, 7) is 1.86. The molecule has 0 aromatic heterocycles. The Morgan fingerprint density at radius 3 is 2.18 bits per heavy atom. The Balaban J connectivity index is 2.85. The summed E-state index contributed by atoms with van der Waals surface area (Å²) in [6.07, 6.45) is 0. The van der Waals surface area contributed by atoms with Gasteiger partial charge in [0.1, 0.15) is 6.04 Å². The molecule has 0 bridgehead atoms. The van der Waals surface area contributed by atoms with Gasteiger partial charge in [-0.25, -0.2) is 0 Å². The van der Waals surface area contributed by atoms with E-state index in [1.807, 2.05) is 31.0 Å². The number of likely N-dealkylation sites (N-methyl/N-ethyl adjacent to an activating group) is 2. The summed E-state index contributed by atoms with van der Waals surface area (Å²) in [5.41, 5.74) is 1.54. The zero-order valence-corrected chi connectivity index (χ0v) is 10.6. The summed E-state index contributed by atoms with van der Waals surface area (Å²) >= 11 is 0. The molecule has 0 spiro atoms. The van der Waals surface area contributed by atoms with E-state index in [1.54, 1.807) is 31.1 Å². The molecular formula is C13H17N3O. The first-order valence-corrected chi connectivity index (χ1v) is 5.41. The first-order valence-electron chi connectivity index (χ1n) is 5.41. The molecule has 17 heavy (non-hydrogen) atoms. The third-order valence-electron chi connectivity index (χ3n) is 2.78. The maximum Gasteiger partial charge on any atom is 0.244 e. The van der Waals surface area contributed by atoms with Crippen molar-refractivity contribution in [1.82, 2.24) is 4.90 Å². The quantitative estimate of drug-likeness (QED) is 0.791. The second-order valence-electron chi connectivity index (χ2n) is 4.18. The van der Waals surface area contributed by atoms with Crippen LogP contribution in [0.3, 0.4) is 0 Å². The van der Waals surface area contributed by atoms with Crippen LogP contribution in [-0.4, -0.2) is 38.0 Å². The highest BCUT2D eigenvalue weighted by atomic mass is 16.2. The molecule has 0 heterocycles. The summed E-state index contributed by atoms with van der Waals surface area (Å²) in [6, 6.07) is 9.03. The minimum Gasteiger partial charge on any atom is -0.363 e. The number of amides is 1. The van der Waals surface area contributed by atoms with Crippen molar-refractivity contribution in [1.29, 1.82) is 5.26 Å². The van der Waals surface area contributed by atoms with E-state index in [1.165, 1.54) is 0 Å². The van der Waals surface area contributed by atoms with Gasteiger partial charge < -0.3 is 9.80 Å². The van der Waals surface area contributed by atoms with Crippen molar-refractivity contribution < 1.29 is 4.79 Å². The van der Waals surface area contributed by atoms with Gasteiger partial charge in [0.2, 0.25) is 5.91 Å². The number of nitriles is 1. The number of rotatable bonds is 3. The van der Waals surface area contributed by atoms with Crippen molar-refractivity contribution >= 4 is 11.6 Å². The number of anilines is 1. The summed E-state index contributed by atoms with van der Waals surface area (Å²) < 4.78 is 0. The first-order chi connectivity index (χ1) is 7.97. The second kappa shape index (κ2) is 5.35. The predicted molar refractivity (Wildman–Crippen MR) is 67.7 cm³/mol. The second-order valence-corrected chi connectivity index (χ2v) is 4.18. The van der Waals surface area contributed by atoms with Gasteiger partial charge in [-0.05, 0) is 31.2 Å². The van der Waals surface area contributed by atoms with E-state index in [9.17, 15) is 4.79 Å². The molecule has 0 aliphatic heterocycles. The summed E-state index contributed by atoms with van der Waals surface area (Å²) in [5, 5.41) is 8.71. The third-order valence-corrected chi connectivity index (χ3v) is 2.78. The Morgan fingerprint density at radius 1 is 1.24 bits per heavy atom. The molecule has 4 heteroatoms. The van der Waals surface area contributed by atoms with E-state index in [0.29, 0.717) is 5.56 Å². The fourth-order valence-electron chi connectivity index (χ4n) is 1.53. The number of hydrogen-bond acceptors (Lipinski definition) is 3. The maximum absolute atomic E-state index is 11.8. The lowest BCUT2D eigenvalue weighted by atomic mass is 10.2. The van der Waals surface area contributed by atoms with Gasteiger partial charge in [-0.1, -0.05) is 0 Å². The molecule has 1 rings (SSSR count). The third kappa shape index (κ3) is 2.97. The van der Waals surface area contributed by atoms with E-state index in [-0.39, 0.29) is 11.9 Å². The van der Waals surface area contributed by atoms with Crippen molar-refractivity contribution in [3.05, 3.63) is 29.8 Å². The topological polar surface area (TPSA) is 47.3 Å². The molecule has 1 atom stereocenters. The van der Waals surface area contributed by atoms with Gasteiger partial charge in [0, 0.05) is 26.8 Å². The number of hydrogen-bond donors (Lipinski definition) is 0. The van der Waals surface area contributed by atoms with Gasteiger partial charge in [0.05, 0.1) is 11.6 Å². The number of carbonyl (C=O) groups is 1. The molecule has 0 radical (unpaired) electrons. The molecule has 0 aliphatic carbocycles. The van der Waals surface area contributed by atoms with Crippen LogP contribution >= 0.6 is 0 Å². The van der Waals surface area contributed by atoms with Crippen LogP contribution in [0.4, 0.5) is 5.69 Å². The molecule has 4 nitrogen and oxygen atoms in total. The lowest BCUT2D eigenvalue weighted by Crippen LogP contribution is -2.42. The molecule has 0 aliphatic rings. The van der Waals surface area contributed by atoms with Crippen molar-refractivity contribution in [3.63, 3.8) is 0 Å². The fraction of sp³-hybridized carbons (Fsp3) is 0.385. The summed E-state index contributed by atoms with van der Waals surface area (Å²) in [4.78, 5) is 15.3. The van der Waals surface area contributed by atoms with E-state index in [0.717, 1.165) is 5.69 Å². The van der Waals surface area contributed by atoms with Gasteiger partial charge in [-0.15, -0.1) is 0 Å². The van der Waals surface area contributed by atoms with E-state index >= 15 is 0 Å². The lowest BCUT2D eigenvalue weighted by molar-refractivity contribution is -0.129. The summed E-state index contributed by atoms with van der Waals surface area (Å²) in [7, 11) is 5.35. The van der Waals surface area contributed by atoms with Crippen molar-refractivity contribution in [2.75, 3.05) is 26.0 Å². The largest absolute Gasteiger partial charge is 0.363 e. The Bertz CT molecular complexity index is 431. The SMILES string of the molecule is CC(C(=O)N(C)C)N(C)c1ccc(C#N)cc1. The van der Waals surface area contributed by atoms with E-state index in [4.69, 9.17) is 5.26 Å². The van der Waals surface area contributed by atoms with Crippen molar-refractivity contribution in [3.8, 4) is 6.07 Å². The van der Waals surface area contributed by atoms with E-state index < -0.39 is 0 Å². The van der Waals surface area contributed by atoms with Crippen molar-refractivity contribution in [2.45, 2.75) is 13.0 Å². The molecule has 1 aromatic carbocycles. The molecule has 0 saturated carbocycles. The van der Waals surface area contributed by atoms with Gasteiger partial charge in [-0.3, -0.25) is 4.79 Å². The number of carbonyl (C=O) groups excluding carboxylic acids is 1. The molecule has 1 amide bonds. The highest BCUT2D eigenvalue weighted by molar-refractivity contribution is 5.84. The fourth-order valence-corrected chi connectivity index (χ4v) is 1.53. The van der Waals surface area contributed by atoms with Gasteiger partial charge in [0.25, 0.3) is 0 Å². The standard InChI is InChI=1S/C13H17N3O/c1-10(13(17)15(2)3)16(4)12-7-5-11(9-14)6-8-12/h5-8,10H,1-4H3. The number of benzene rings is 1. The number of nitrogens with zero attached hydrogens (tertiary/aromatic N) is 3. The van der Waals surface area contributed by atoms with Gasteiger partial charge in [0.15, 0.2) is 0 Å². The minimum atomic E-state index is -0.224. The van der Waals surface area contributed by atoms with Crippen LogP contribution in [0, 0.1) is 11.3 Å². The van der Waals surface area contributed by atoms with Crippen LogP contribution < -0.4 is 4.90 Å². The Labute approximate surface area is 102 Å². The molecule has 90 valence electrons. The first kappa shape index (κ1) is 13.0. The van der Waals surface area contributed by atoms with Crippen LogP contribution in [0.2, 0.25) is 0 Å². The Hall–Kier alpha value is -2.02. The van der Waals surface area contributed by atoms with Crippen LogP contribution in [0.25, 0.3) is 0 Å². The average Bonchev–Trinajstić information content (AvgIpc) is 2.36. The zero-order chi connectivity index (χ0) is 13.0. The molecule has 0 fully saturated rings. The van der Waals surface area contributed by atoms with E-state index in [2.05, 4.69) is 6.07 Å². The smallest absolute Gasteiger partial charge is 0.244 e. The predicted octanol–water partition coefficient (Wildman–Crippen LogP) is 1.47. The van der Waals surface area contributed by atoms with Gasteiger partial charge >= 0.3 is 0 Å².